The molecule has 1 N–H and O–H groups in total. The number of benzene rings is 1. The van der Waals surface area contributed by atoms with Crippen LogP contribution in [-0.4, -0.2) is 44.5 Å². The van der Waals surface area contributed by atoms with Gasteiger partial charge in [0.05, 0.1) is 16.6 Å². The monoisotopic (exact) mass is 410 g/mol. The lowest BCUT2D eigenvalue weighted by Crippen LogP contribution is -2.54. The summed E-state index contributed by atoms with van der Waals surface area (Å²) in [5.74, 6) is 3.82. The van der Waals surface area contributed by atoms with E-state index in [9.17, 15) is 19.2 Å². The van der Waals surface area contributed by atoms with Crippen LogP contribution in [0.15, 0.2) is 48.8 Å². The summed E-state index contributed by atoms with van der Waals surface area (Å²) in [4.78, 5) is 58.7. The molecule has 0 spiro atoms. The second-order valence-corrected chi connectivity index (χ2v) is 7.19. The van der Waals surface area contributed by atoms with Crippen LogP contribution in [0.3, 0.4) is 0 Å². The van der Waals surface area contributed by atoms with Crippen LogP contribution < -0.4 is 5.32 Å². The topological polar surface area (TPSA) is 109 Å². The molecule has 0 aliphatic carbocycles. The average molecular weight is 410 g/mol. The third-order valence-electron chi connectivity index (χ3n) is 5.29. The van der Waals surface area contributed by atoms with Gasteiger partial charge in [0.2, 0.25) is 11.8 Å². The second-order valence-electron chi connectivity index (χ2n) is 7.19. The first kappa shape index (κ1) is 18.6. The second kappa shape index (κ2) is 7.15. The average Bonchev–Trinajstić information content (AvgIpc) is 3.02. The van der Waals surface area contributed by atoms with Crippen LogP contribution in [0.1, 0.15) is 44.8 Å². The Hall–Kier alpha value is -4.38. The first-order valence-electron chi connectivity index (χ1n) is 9.60. The van der Waals surface area contributed by atoms with Gasteiger partial charge in [-0.15, -0.1) is 0 Å². The lowest BCUT2D eigenvalue weighted by molar-refractivity contribution is -0.136. The van der Waals surface area contributed by atoms with Crippen molar-refractivity contribution in [2.24, 2.45) is 0 Å². The van der Waals surface area contributed by atoms with Gasteiger partial charge in [-0.3, -0.25) is 34.4 Å². The van der Waals surface area contributed by atoms with Gasteiger partial charge in [0.15, 0.2) is 0 Å². The van der Waals surface area contributed by atoms with E-state index in [1.165, 1.54) is 12.1 Å². The van der Waals surface area contributed by atoms with Crippen LogP contribution >= 0.6 is 0 Å². The third-order valence-corrected chi connectivity index (χ3v) is 5.29. The summed E-state index contributed by atoms with van der Waals surface area (Å²) in [7, 11) is 0. The lowest BCUT2D eigenvalue weighted by Gasteiger charge is -2.27. The number of rotatable bonds is 1. The Morgan fingerprint density at radius 3 is 2.61 bits per heavy atom. The van der Waals surface area contributed by atoms with E-state index in [1.807, 2.05) is 6.07 Å². The first-order valence-corrected chi connectivity index (χ1v) is 9.60. The molecule has 150 valence electrons. The molecule has 2 aliphatic rings. The zero-order valence-electron chi connectivity index (χ0n) is 16.1. The Balaban J connectivity index is 1.47. The van der Waals surface area contributed by atoms with Crippen LogP contribution in [0.2, 0.25) is 0 Å². The highest BCUT2D eigenvalue weighted by Crippen LogP contribution is 2.28. The molecule has 1 atom stereocenters. The van der Waals surface area contributed by atoms with Crippen molar-refractivity contribution in [2.45, 2.75) is 18.9 Å². The number of carbonyl (C=O) groups is 4. The van der Waals surface area contributed by atoms with Crippen LogP contribution in [0.25, 0.3) is 10.9 Å². The van der Waals surface area contributed by atoms with Crippen LogP contribution in [0, 0.1) is 11.8 Å². The number of pyridine rings is 2. The van der Waals surface area contributed by atoms with Gasteiger partial charge in [-0.2, -0.15) is 0 Å². The molecule has 1 aromatic carbocycles. The molecule has 5 rings (SSSR count). The maximum absolute atomic E-state index is 12.9. The predicted molar refractivity (Wildman–Crippen MR) is 109 cm³/mol. The van der Waals surface area contributed by atoms with Crippen molar-refractivity contribution >= 4 is 34.5 Å². The number of hydrogen-bond acceptors (Lipinski definition) is 6. The van der Waals surface area contributed by atoms with E-state index >= 15 is 0 Å². The minimum atomic E-state index is -0.994. The SMILES string of the molecule is O=C1CCC(N2C(=O)c3ccc(C#Cc4nccc5ncccc45)cc3C2=O)C(=O)N1. The van der Waals surface area contributed by atoms with Gasteiger partial charge in [-0.25, -0.2) is 4.98 Å². The highest BCUT2D eigenvalue weighted by atomic mass is 16.2. The molecule has 8 heteroatoms. The quantitative estimate of drug-likeness (QED) is 0.480. The Labute approximate surface area is 176 Å². The molecule has 0 radical (unpaired) electrons. The number of nitrogens with one attached hydrogen (secondary N) is 1. The van der Waals surface area contributed by atoms with Gasteiger partial charge in [0.1, 0.15) is 11.7 Å². The van der Waals surface area contributed by atoms with E-state index in [2.05, 4.69) is 27.1 Å². The maximum atomic E-state index is 12.9. The Kier molecular flexibility index (Phi) is 4.30. The molecule has 3 aromatic rings. The standard InChI is InChI=1S/C23H14N4O4/c28-20-8-7-19(21(29)26-20)27-22(30)14-5-3-13(12-16(14)23(27)31)4-6-17-15-2-1-10-24-18(15)9-11-25-17/h1-3,5,9-12,19H,7-8H2,(H,26,28,29). The fourth-order valence-corrected chi connectivity index (χ4v) is 3.78. The summed E-state index contributed by atoms with van der Waals surface area (Å²) in [6.45, 7) is 0. The molecular formula is C23H14N4O4. The van der Waals surface area contributed by atoms with Crippen molar-refractivity contribution in [3.05, 3.63) is 71.2 Å². The summed E-state index contributed by atoms with van der Waals surface area (Å²) in [5.41, 5.74) is 2.27. The van der Waals surface area contributed by atoms with E-state index in [1.54, 1.807) is 30.6 Å². The largest absolute Gasteiger partial charge is 0.295 e. The maximum Gasteiger partial charge on any atom is 0.262 e. The molecule has 2 aliphatic heterocycles. The molecule has 0 saturated carbocycles. The molecule has 1 saturated heterocycles. The van der Waals surface area contributed by atoms with Crippen molar-refractivity contribution in [1.82, 2.24) is 20.2 Å². The summed E-state index contributed by atoms with van der Waals surface area (Å²) in [6.07, 6.45) is 3.51. The number of piperidine rings is 1. The van der Waals surface area contributed by atoms with Gasteiger partial charge >= 0.3 is 0 Å². The van der Waals surface area contributed by atoms with Crippen LogP contribution in [0.5, 0.6) is 0 Å². The number of nitrogens with zero attached hydrogens (tertiary/aromatic N) is 3. The number of imide groups is 2. The number of carbonyl (C=O) groups excluding carboxylic acids is 4. The number of hydrogen-bond donors (Lipinski definition) is 1. The third kappa shape index (κ3) is 3.13. The molecular weight excluding hydrogens is 396 g/mol. The summed E-state index contributed by atoms with van der Waals surface area (Å²) < 4.78 is 0. The molecule has 1 fully saturated rings. The molecule has 0 bridgehead atoms. The molecule has 1 unspecified atom stereocenters. The van der Waals surface area contributed by atoms with E-state index in [-0.39, 0.29) is 24.0 Å². The smallest absolute Gasteiger partial charge is 0.262 e. The van der Waals surface area contributed by atoms with E-state index < -0.39 is 29.7 Å². The zero-order chi connectivity index (χ0) is 21.5. The fourth-order valence-electron chi connectivity index (χ4n) is 3.78. The minimum absolute atomic E-state index is 0.0768. The molecule has 4 amide bonds. The Bertz CT molecular complexity index is 1360. The minimum Gasteiger partial charge on any atom is -0.295 e. The van der Waals surface area contributed by atoms with Crippen molar-refractivity contribution in [2.75, 3.05) is 0 Å². The summed E-state index contributed by atoms with van der Waals surface area (Å²) in [6, 6.07) is 9.20. The van der Waals surface area contributed by atoms with Crippen molar-refractivity contribution in [1.29, 1.82) is 0 Å². The Morgan fingerprint density at radius 1 is 0.935 bits per heavy atom. The first-order chi connectivity index (χ1) is 15.0. The highest BCUT2D eigenvalue weighted by molar-refractivity contribution is 6.23. The normalized spacial score (nSPS) is 17.9. The summed E-state index contributed by atoms with van der Waals surface area (Å²) >= 11 is 0. The van der Waals surface area contributed by atoms with Gasteiger partial charge in [0, 0.05) is 29.8 Å². The van der Waals surface area contributed by atoms with E-state index in [0.717, 1.165) is 15.8 Å². The molecule has 2 aromatic heterocycles. The summed E-state index contributed by atoms with van der Waals surface area (Å²) in [5, 5.41) is 2.99. The molecule has 8 nitrogen and oxygen atoms in total. The Morgan fingerprint density at radius 2 is 1.77 bits per heavy atom. The van der Waals surface area contributed by atoms with Crippen molar-refractivity contribution in [3.8, 4) is 11.8 Å². The van der Waals surface area contributed by atoms with Crippen LogP contribution in [-0.2, 0) is 9.59 Å². The fraction of sp³-hybridized carbons (Fsp3) is 0.130. The molecule has 4 heterocycles. The molecule has 31 heavy (non-hydrogen) atoms. The van der Waals surface area contributed by atoms with Crippen LogP contribution in [0.4, 0.5) is 0 Å². The number of amides is 4. The zero-order valence-corrected chi connectivity index (χ0v) is 16.1. The van der Waals surface area contributed by atoms with Gasteiger partial charge in [-0.05, 0) is 48.7 Å². The van der Waals surface area contributed by atoms with Gasteiger partial charge in [0.25, 0.3) is 11.8 Å². The van der Waals surface area contributed by atoms with E-state index in [0.29, 0.717) is 11.3 Å². The van der Waals surface area contributed by atoms with Crippen molar-refractivity contribution < 1.29 is 19.2 Å². The van der Waals surface area contributed by atoms with Gasteiger partial charge in [-0.1, -0.05) is 5.92 Å². The number of aromatic nitrogens is 2. The van der Waals surface area contributed by atoms with Crippen molar-refractivity contribution in [3.63, 3.8) is 0 Å². The van der Waals surface area contributed by atoms with Gasteiger partial charge < -0.3 is 0 Å². The lowest BCUT2D eigenvalue weighted by atomic mass is 10.0. The highest BCUT2D eigenvalue weighted by Gasteiger charge is 2.44. The van der Waals surface area contributed by atoms with E-state index in [4.69, 9.17) is 0 Å². The number of fused-ring (bicyclic) bond motifs is 2. The predicted octanol–water partition coefficient (Wildman–Crippen LogP) is 1.43.